The Hall–Kier alpha value is -2.26. The number of ether oxygens (including phenoxy) is 1. The lowest BCUT2D eigenvalue weighted by Crippen LogP contribution is -2.25. The Kier molecular flexibility index (Phi) is 4.26. The van der Waals surface area contributed by atoms with Gasteiger partial charge in [0, 0.05) is 23.1 Å². The molecule has 0 unspecified atom stereocenters. The Labute approximate surface area is 143 Å². The molecule has 0 aliphatic carbocycles. The Balaban J connectivity index is 1.46. The molecule has 0 amide bonds. The normalized spacial score (nSPS) is 15.2. The lowest BCUT2D eigenvalue weighted by Gasteiger charge is -2.16. The second kappa shape index (κ2) is 6.70. The Bertz CT molecular complexity index is 798. The van der Waals surface area contributed by atoms with Crippen molar-refractivity contribution in [1.29, 1.82) is 0 Å². The van der Waals surface area contributed by atoms with E-state index in [0.29, 0.717) is 0 Å². The second-order valence-corrected chi connectivity index (χ2v) is 6.65. The largest absolute Gasteiger partial charge is 0.492 e. The first-order valence-electron chi connectivity index (χ1n) is 8.83. The summed E-state index contributed by atoms with van der Waals surface area (Å²) in [5, 5.41) is 1.25. The minimum Gasteiger partial charge on any atom is -0.492 e. The van der Waals surface area contributed by atoms with Gasteiger partial charge in [-0.1, -0.05) is 18.2 Å². The van der Waals surface area contributed by atoms with Crippen LogP contribution in [0, 0.1) is 6.92 Å². The standard InChI is InChI=1S/C21H24N2O/c1-16-14-18(20-15-17-6-2-3-7-19(17)22-20)8-9-21(16)24-13-12-23-10-4-5-11-23/h2-3,6-9,14-15,22H,4-5,10-13H2,1H3. The van der Waals surface area contributed by atoms with Crippen LogP contribution < -0.4 is 4.74 Å². The van der Waals surface area contributed by atoms with Crippen LogP contribution in [0.25, 0.3) is 22.2 Å². The number of benzene rings is 2. The van der Waals surface area contributed by atoms with Crippen LogP contribution in [0.3, 0.4) is 0 Å². The zero-order valence-corrected chi connectivity index (χ0v) is 14.2. The topological polar surface area (TPSA) is 28.3 Å². The zero-order valence-electron chi connectivity index (χ0n) is 14.2. The molecule has 4 rings (SSSR count). The monoisotopic (exact) mass is 320 g/mol. The summed E-state index contributed by atoms with van der Waals surface area (Å²) < 4.78 is 6.00. The molecule has 0 radical (unpaired) electrons. The minimum atomic E-state index is 0.770. The van der Waals surface area contributed by atoms with Gasteiger partial charge in [-0.2, -0.15) is 0 Å². The van der Waals surface area contributed by atoms with Crippen molar-refractivity contribution < 1.29 is 4.74 Å². The van der Waals surface area contributed by atoms with Crippen LogP contribution in [0.15, 0.2) is 48.5 Å². The molecular weight excluding hydrogens is 296 g/mol. The number of nitrogens with zero attached hydrogens (tertiary/aromatic N) is 1. The molecule has 0 bridgehead atoms. The highest BCUT2D eigenvalue weighted by atomic mass is 16.5. The molecular formula is C21H24N2O. The third-order valence-corrected chi connectivity index (χ3v) is 4.88. The molecule has 1 aliphatic heterocycles. The van der Waals surface area contributed by atoms with Crippen molar-refractivity contribution >= 4 is 10.9 Å². The van der Waals surface area contributed by atoms with Gasteiger partial charge in [-0.25, -0.2) is 0 Å². The minimum absolute atomic E-state index is 0.770. The van der Waals surface area contributed by atoms with Crippen molar-refractivity contribution in [3.8, 4) is 17.0 Å². The fraction of sp³-hybridized carbons (Fsp3) is 0.333. The number of H-pyrrole nitrogens is 1. The van der Waals surface area contributed by atoms with E-state index in [1.54, 1.807) is 0 Å². The maximum absolute atomic E-state index is 6.00. The van der Waals surface area contributed by atoms with Crippen molar-refractivity contribution in [1.82, 2.24) is 9.88 Å². The van der Waals surface area contributed by atoms with Crippen LogP contribution in [0.4, 0.5) is 0 Å². The van der Waals surface area contributed by atoms with E-state index in [2.05, 4.69) is 65.3 Å². The first-order chi connectivity index (χ1) is 11.8. The van der Waals surface area contributed by atoms with E-state index in [1.807, 2.05) is 0 Å². The van der Waals surface area contributed by atoms with Gasteiger partial charge in [0.05, 0.1) is 0 Å². The fourth-order valence-corrected chi connectivity index (χ4v) is 3.50. The number of likely N-dealkylation sites (tertiary alicyclic amines) is 1. The molecule has 1 aromatic heterocycles. The number of hydrogen-bond acceptors (Lipinski definition) is 2. The van der Waals surface area contributed by atoms with Gasteiger partial charge < -0.3 is 9.72 Å². The van der Waals surface area contributed by atoms with Crippen LogP contribution in [0.5, 0.6) is 5.75 Å². The van der Waals surface area contributed by atoms with Gasteiger partial charge in [-0.05, 0) is 74.3 Å². The van der Waals surface area contributed by atoms with Crippen molar-refractivity contribution in [3.05, 3.63) is 54.1 Å². The van der Waals surface area contributed by atoms with Gasteiger partial charge in [0.2, 0.25) is 0 Å². The van der Waals surface area contributed by atoms with Crippen LogP contribution in [0.1, 0.15) is 18.4 Å². The molecule has 1 fully saturated rings. The smallest absolute Gasteiger partial charge is 0.122 e. The lowest BCUT2D eigenvalue weighted by molar-refractivity contribution is 0.237. The SMILES string of the molecule is Cc1cc(-c2cc3ccccc3[nH]2)ccc1OCCN1CCCC1. The number of aryl methyl sites for hydroxylation is 1. The molecule has 2 heterocycles. The zero-order chi connectivity index (χ0) is 16.4. The van der Waals surface area contributed by atoms with E-state index in [9.17, 15) is 0 Å². The summed E-state index contributed by atoms with van der Waals surface area (Å²) in [5.74, 6) is 0.994. The lowest BCUT2D eigenvalue weighted by atomic mass is 10.1. The van der Waals surface area contributed by atoms with Crippen LogP contribution in [0.2, 0.25) is 0 Å². The molecule has 1 aliphatic rings. The first kappa shape index (κ1) is 15.3. The van der Waals surface area contributed by atoms with Gasteiger partial charge in [0.15, 0.2) is 0 Å². The predicted molar refractivity (Wildman–Crippen MR) is 99.6 cm³/mol. The van der Waals surface area contributed by atoms with Crippen LogP contribution in [-0.4, -0.2) is 36.1 Å². The van der Waals surface area contributed by atoms with Gasteiger partial charge in [-0.3, -0.25) is 4.90 Å². The molecule has 0 atom stereocenters. The van der Waals surface area contributed by atoms with E-state index >= 15 is 0 Å². The summed E-state index contributed by atoms with van der Waals surface area (Å²) in [6, 6.07) is 17.0. The molecule has 3 aromatic rings. The molecule has 1 saturated heterocycles. The number of hydrogen-bond donors (Lipinski definition) is 1. The number of aromatic nitrogens is 1. The number of rotatable bonds is 5. The molecule has 0 saturated carbocycles. The summed E-state index contributed by atoms with van der Waals surface area (Å²) in [4.78, 5) is 5.97. The molecule has 1 N–H and O–H groups in total. The summed E-state index contributed by atoms with van der Waals surface area (Å²) in [6.45, 7) is 6.37. The van der Waals surface area contributed by atoms with E-state index in [1.165, 1.54) is 48.0 Å². The van der Waals surface area contributed by atoms with E-state index < -0.39 is 0 Å². The molecule has 24 heavy (non-hydrogen) atoms. The highest BCUT2D eigenvalue weighted by Crippen LogP contribution is 2.28. The number of fused-ring (bicyclic) bond motifs is 1. The van der Waals surface area contributed by atoms with Crippen molar-refractivity contribution in [3.63, 3.8) is 0 Å². The van der Waals surface area contributed by atoms with Gasteiger partial charge in [-0.15, -0.1) is 0 Å². The first-order valence-corrected chi connectivity index (χ1v) is 8.83. The molecule has 124 valence electrons. The van der Waals surface area contributed by atoms with Crippen LogP contribution in [-0.2, 0) is 0 Å². The molecule has 3 nitrogen and oxygen atoms in total. The van der Waals surface area contributed by atoms with Gasteiger partial charge >= 0.3 is 0 Å². The maximum atomic E-state index is 6.00. The average Bonchev–Trinajstić information content (AvgIpc) is 3.25. The number of aromatic amines is 1. The molecule has 3 heteroatoms. The number of para-hydroxylation sites is 1. The van der Waals surface area contributed by atoms with Gasteiger partial charge in [0.1, 0.15) is 12.4 Å². The van der Waals surface area contributed by atoms with Crippen molar-refractivity contribution in [2.75, 3.05) is 26.2 Å². The highest BCUT2D eigenvalue weighted by molar-refractivity contribution is 5.85. The summed E-state index contributed by atoms with van der Waals surface area (Å²) >= 11 is 0. The quantitative estimate of drug-likeness (QED) is 0.743. The predicted octanol–water partition coefficient (Wildman–Crippen LogP) is 4.62. The van der Waals surface area contributed by atoms with E-state index in [-0.39, 0.29) is 0 Å². The Morgan fingerprint density at radius 1 is 1.04 bits per heavy atom. The van der Waals surface area contributed by atoms with Gasteiger partial charge in [0.25, 0.3) is 0 Å². The average molecular weight is 320 g/mol. The fourth-order valence-electron chi connectivity index (χ4n) is 3.50. The summed E-state index contributed by atoms with van der Waals surface area (Å²) in [6.07, 6.45) is 2.66. The molecule has 2 aromatic carbocycles. The Morgan fingerprint density at radius 2 is 1.88 bits per heavy atom. The Morgan fingerprint density at radius 3 is 2.67 bits per heavy atom. The summed E-state index contributed by atoms with van der Waals surface area (Å²) in [7, 11) is 0. The third-order valence-electron chi connectivity index (χ3n) is 4.88. The molecule has 0 spiro atoms. The van der Waals surface area contributed by atoms with E-state index in [0.717, 1.165) is 24.6 Å². The third kappa shape index (κ3) is 3.17. The van der Waals surface area contributed by atoms with Crippen molar-refractivity contribution in [2.24, 2.45) is 0 Å². The maximum Gasteiger partial charge on any atom is 0.122 e. The van der Waals surface area contributed by atoms with Crippen molar-refractivity contribution in [2.45, 2.75) is 19.8 Å². The van der Waals surface area contributed by atoms with Crippen LogP contribution >= 0.6 is 0 Å². The highest BCUT2D eigenvalue weighted by Gasteiger charge is 2.11. The summed E-state index contributed by atoms with van der Waals surface area (Å²) in [5.41, 5.74) is 4.72. The second-order valence-electron chi connectivity index (χ2n) is 6.65. The van der Waals surface area contributed by atoms with E-state index in [4.69, 9.17) is 4.74 Å². The number of nitrogens with one attached hydrogen (secondary N) is 1.